The molecule has 1 heterocycles. The molecule has 1 aliphatic heterocycles. The Labute approximate surface area is 99.4 Å². The highest BCUT2D eigenvalue weighted by molar-refractivity contribution is 9.10. The van der Waals surface area contributed by atoms with Crippen LogP contribution in [-0.4, -0.2) is 20.2 Å². The summed E-state index contributed by atoms with van der Waals surface area (Å²) in [6, 6.07) is 6.30. The molecule has 3 heteroatoms. The number of rotatable bonds is 2. The van der Waals surface area contributed by atoms with Gasteiger partial charge in [0.1, 0.15) is 5.75 Å². The van der Waals surface area contributed by atoms with E-state index in [0.717, 1.165) is 10.2 Å². The zero-order valence-electron chi connectivity index (χ0n) is 9.00. The first-order valence-electron chi connectivity index (χ1n) is 5.40. The summed E-state index contributed by atoms with van der Waals surface area (Å²) in [6.45, 7) is 2.36. The Bertz CT molecular complexity index is 334. The van der Waals surface area contributed by atoms with E-state index in [4.69, 9.17) is 4.74 Å². The largest absolute Gasteiger partial charge is 0.496 e. The van der Waals surface area contributed by atoms with Gasteiger partial charge in [-0.1, -0.05) is 0 Å². The summed E-state index contributed by atoms with van der Waals surface area (Å²) in [5.74, 6) is 0.899. The van der Waals surface area contributed by atoms with Crippen molar-refractivity contribution in [1.29, 1.82) is 0 Å². The molecular formula is C12H16BrNO. The Morgan fingerprint density at radius 3 is 2.53 bits per heavy atom. The van der Waals surface area contributed by atoms with Crippen LogP contribution in [0.15, 0.2) is 22.7 Å². The van der Waals surface area contributed by atoms with E-state index in [1.54, 1.807) is 7.11 Å². The van der Waals surface area contributed by atoms with E-state index in [1.165, 1.54) is 38.0 Å². The van der Waals surface area contributed by atoms with Crippen molar-refractivity contribution in [3.8, 4) is 5.75 Å². The fourth-order valence-electron chi connectivity index (χ4n) is 2.00. The van der Waals surface area contributed by atoms with Crippen LogP contribution in [0, 0.1) is 0 Å². The second kappa shape index (κ2) is 4.88. The quantitative estimate of drug-likeness (QED) is 0.816. The molecule has 0 saturated carbocycles. The smallest absolute Gasteiger partial charge is 0.133 e. The second-order valence-corrected chi connectivity index (χ2v) is 4.72. The molecule has 0 spiro atoms. The number of piperidine rings is 1. The molecule has 15 heavy (non-hydrogen) atoms. The summed E-state index contributed by atoms with van der Waals surface area (Å²) in [7, 11) is 1.70. The number of ether oxygens (including phenoxy) is 1. The third kappa shape index (κ3) is 2.46. The van der Waals surface area contributed by atoms with Crippen molar-refractivity contribution in [2.24, 2.45) is 0 Å². The third-order valence-electron chi connectivity index (χ3n) is 2.86. The first-order valence-corrected chi connectivity index (χ1v) is 6.19. The SMILES string of the molecule is COc1ccc(N2CCCCC2)cc1Br. The zero-order valence-corrected chi connectivity index (χ0v) is 10.6. The molecule has 0 bridgehead atoms. The Morgan fingerprint density at radius 2 is 1.93 bits per heavy atom. The standard InChI is InChI=1S/C12H16BrNO/c1-15-12-6-5-10(9-11(12)13)14-7-3-2-4-8-14/h5-6,9H,2-4,7-8H2,1H3. The second-order valence-electron chi connectivity index (χ2n) is 3.87. The summed E-state index contributed by atoms with van der Waals surface area (Å²) in [5, 5.41) is 0. The highest BCUT2D eigenvalue weighted by Gasteiger charge is 2.12. The lowest BCUT2D eigenvalue weighted by Gasteiger charge is -2.29. The predicted molar refractivity (Wildman–Crippen MR) is 66.8 cm³/mol. The summed E-state index contributed by atoms with van der Waals surface area (Å²) in [4.78, 5) is 2.44. The van der Waals surface area contributed by atoms with E-state index in [9.17, 15) is 0 Å². The van der Waals surface area contributed by atoms with Crippen molar-refractivity contribution in [2.75, 3.05) is 25.1 Å². The van der Waals surface area contributed by atoms with Crippen LogP contribution in [0.25, 0.3) is 0 Å². The number of hydrogen-bond donors (Lipinski definition) is 0. The predicted octanol–water partition coefficient (Wildman–Crippen LogP) is 3.45. The molecule has 0 N–H and O–H groups in total. The molecule has 82 valence electrons. The molecule has 0 aromatic heterocycles. The topological polar surface area (TPSA) is 12.5 Å². The van der Waals surface area contributed by atoms with Crippen LogP contribution < -0.4 is 9.64 Å². The Kier molecular flexibility index (Phi) is 3.52. The third-order valence-corrected chi connectivity index (χ3v) is 3.48. The van der Waals surface area contributed by atoms with Gasteiger partial charge in [-0.3, -0.25) is 0 Å². The Balaban J connectivity index is 2.17. The highest BCUT2D eigenvalue weighted by atomic mass is 79.9. The van der Waals surface area contributed by atoms with Gasteiger partial charge in [-0.25, -0.2) is 0 Å². The summed E-state index contributed by atoms with van der Waals surface area (Å²) >= 11 is 3.52. The van der Waals surface area contributed by atoms with Crippen LogP contribution in [0.2, 0.25) is 0 Å². The van der Waals surface area contributed by atoms with Crippen LogP contribution in [0.4, 0.5) is 5.69 Å². The van der Waals surface area contributed by atoms with Gasteiger partial charge in [0.05, 0.1) is 11.6 Å². The monoisotopic (exact) mass is 269 g/mol. The van der Waals surface area contributed by atoms with Gasteiger partial charge < -0.3 is 9.64 Å². The molecule has 1 fully saturated rings. The van der Waals surface area contributed by atoms with Crippen molar-refractivity contribution in [1.82, 2.24) is 0 Å². The molecule has 1 aliphatic rings. The van der Waals surface area contributed by atoms with Gasteiger partial charge in [-0.15, -0.1) is 0 Å². The number of halogens is 1. The van der Waals surface area contributed by atoms with Crippen LogP contribution in [-0.2, 0) is 0 Å². The van der Waals surface area contributed by atoms with Crippen molar-refractivity contribution < 1.29 is 4.74 Å². The number of methoxy groups -OCH3 is 1. The fraction of sp³-hybridized carbons (Fsp3) is 0.500. The highest BCUT2D eigenvalue weighted by Crippen LogP contribution is 2.30. The maximum atomic E-state index is 5.22. The van der Waals surface area contributed by atoms with Crippen molar-refractivity contribution >= 4 is 21.6 Å². The van der Waals surface area contributed by atoms with Crippen LogP contribution >= 0.6 is 15.9 Å². The maximum Gasteiger partial charge on any atom is 0.133 e. The van der Waals surface area contributed by atoms with Gasteiger partial charge in [0.25, 0.3) is 0 Å². The van der Waals surface area contributed by atoms with E-state index in [2.05, 4.69) is 33.0 Å². The molecule has 2 rings (SSSR count). The Hall–Kier alpha value is -0.700. The number of hydrogen-bond acceptors (Lipinski definition) is 2. The molecule has 0 unspecified atom stereocenters. The number of nitrogens with zero attached hydrogens (tertiary/aromatic N) is 1. The van der Waals surface area contributed by atoms with Crippen LogP contribution in [0.5, 0.6) is 5.75 Å². The first-order chi connectivity index (χ1) is 7.31. The van der Waals surface area contributed by atoms with Crippen LogP contribution in [0.1, 0.15) is 19.3 Å². The maximum absolute atomic E-state index is 5.22. The average Bonchev–Trinajstić information content (AvgIpc) is 2.30. The summed E-state index contributed by atoms with van der Waals surface area (Å²) < 4.78 is 6.26. The lowest BCUT2D eigenvalue weighted by atomic mass is 10.1. The Morgan fingerprint density at radius 1 is 1.20 bits per heavy atom. The molecule has 0 atom stereocenters. The van der Waals surface area contributed by atoms with Gasteiger partial charge in [-0.05, 0) is 53.4 Å². The van der Waals surface area contributed by atoms with E-state index in [1.807, 2.05) is 6.07 Å². The minimum Gasteiger partial charge on any atom is -0.496 e. The molecule has 1 saturated heterocycles. The lowest BCUT2D eigenvalue weighted by molar-refractivity contribution is 0.412. The molecule has 0 aliphatic carbocycles. The minimum atomic E-state index is 0.899. The average molecular weight is 270 g/mol. The molecule has 0 amide bonds. The van der Waals surface area contributed by atoms with Gasteiger partial charge >= 0.3 is 0 Å². The fourth-order valence-corrected chi connectivity index (χ4v) is 2.53. The van der Waals surface area contributed by atoms with Gasteiger partial charge in [0, 0.05) is 18.8 Å². The first kappa shape index (κ1) is 10.8. The van der Waals surface area contributed by atoms with Gasteiger partial charge in [-0.2, -0.15) is 0 Å². The molecule has 0 radical (unpaired) electrons. The lowest BCUT2D eigenvalue weighted by Crippen LogP contribution is -2.29. The van der Waals surface area contributed by atoms with Gasteiger partial charge in [0.15, 0.2) is 0 Å². The molecule has 1 aromatic rings. The minimum absolute atomic E-state index is 0.899. The molecule has 1 aromatic carbocycles. The van der Waals surface area contributed by atoms with Gasteiger partial charge in [0.2, 0.25) is 0 Å². The summed E-state index contributed by atoms with van der Waals surface area (Å²) in [5.41, 5.74) is 1.29. The molecule has 2 nitrogen and oxygen atoms in total. The van der Waals surface area contributed by atoms with Crippen molar-refractivity contribution in [2.45, 2.75) is 19.3 Å². The van der Waals surface area contributed by atoms with E-state index in [0.29, 0.717) is 0 Å². The van der Waals surface area contributed by atoms with Crippen LogP contribution in [0.3, 0.4) is 0 Å². The number of anilines is 1. The summed E-state index contributed by atoms with van der Waals surface area (Å²) in [6.07, 6.45) is 3.99. The normalized spacial score (nSPS) is 16.5. The van der Waals surface area contributed by atoms with E-state index >= 15 is 0 Å². The number of benzene rings is 1. The zero-order chi connectivity index (χ0) is 10.7. The van der Waals surface area contributed by atoms with Crippen molar-refractivity contribution in [3.05, 3.63) is 22.7 Å². The van der Waals surface area contributed by atoms with Crippen molar-refractivity contribution in [3.63, 3.8) is 0 Å². The van der Waals surface area contributed by atoms with E-state index in [-0.39, 0.29) is 0 Å². The molecular weight excluding hydrogens is 254 g/mol. The van der Waals surface area contributed by atoms with E-state index < -0.39 is 0 Å².